The number of hydrogen-bond acceptors (Lipinski definition) is 3. The fourth-order valence-electron chi connectivity index (χ4n) is 1.90. The summed E-state index contributed by atoms with van der Waals surface area (Å²) in [7, 11) is 1.67. The van der Waals surface area contributed by atoms with Crippen molar-refractivity contribution in [2.75, 3.05) is 19.0 Å². The van der Waals surface area contributed by atoms with Crippen LogP contribution in [-0.4, -0.2) is 18.6 Å². The van der Waals surface area contributed by atoms with E-state index in [-0.39, 0.29) is 0 Å². The van der Waals surface area contributed by atoms with Crippen LogP contribution in [0.5, 0.6) is 5.75 Å². The number of benzene rings is 2. The molecule has 2 aromatic rings. The van der Waals surface area contributed by atoms with Gasteiger partial charge in [-0.05, 0) is 48.4 Å². The third-order valence-corrected chi connectivity index (χ3v) is 3.31. The molecule has 3 nitrogen and oxygen atoms in total. The molecule has 20 heavy (non-hydrogen) atoms. The Morgan fingerprint density at radius 3 is 2.30 bits per heavy atom. The third-order valence-electron chi connectivity index (χ3n) is 3.07. The van der Waals surface area contributed by atoms with Crippen molar-refractivity contribution in [3.63, 3.8) is 0 Å². The topological polar surface area (TPSA) is 47.3 Å². The van der Waals surface area contributed by atoms with Gasteiger partial charge in [-0.15, -0.1) is 0 Å². The lowest BCUT2D eigenvalue weighted by molar-refractivity contribution is 0.414. The van der Waals surface area contributed by atoms with E-state index in [9.17, 15) is 0 Å². The molecule has 0 bridgehead atoms. The van der Waals surface area contributed by atoms with Crippen molar-refractivity contribution in [3.8, 4) is 5.75 Å². The zero-order valence-corrected chi connectivity index (χ0v) is 12.2. The maximum atomic E-state index is 5.56. The van der Waals surface area contributed by atoms with Crippen molar-refractivity contribution in [2.45, 2.75) is 6.42 Å². The highest BCUT2D eigenvalue weighted by molar-refractivity contribution is 7.80. The van der Waals surface area contributed by atoms with Gasteiger partial charge in [0, 0.05) is 17.8 Å². The van der Waals surface area contributed by atoms with Crippen LogP contribution in [0.15, 0.2) is 48.5 Å². The van der Waals surface area contributed by atoms with Gasteiger partial charge in [-0.1, -0.05) is 24.4 Å². The molecule has 0 saturated carbocycles. The fraction of sp³-hybridized carbons (Fsp3) is 0.188. The number of hydrogen-bond donors (Lipinski definition) is 2. The molecule has 0 aliphatic heterocycles. The average Bonchev–Trinajstić information content (AvgIpc) is 2.48. The summed E-state index contributed by atoms with van der Waals surface area (Å²) in [5, 5.41) is 3.37. The van der Waals surface area contributed by atoms with Crippen LogP contribution >= 0.6 is 12.2 Å². The van der Waals surface area contributed by atoms with Crippen molar-refractivity contribution in [1.29, 1.82) is 0 Å². The number of rotatable bonds is 6. The quantitative estimate of drug-likeness (QED) is 0.802. The van der Waals surface area contributed by atoms with Gasteiger partial charge in [0.2, 0.25) is 0 Å². The van der Waals surface area contributed by atoms with E-state index in [1.165, 1.54) is 5.56 Å². The first-order chi connectivity index (χ1) is 9.69. The van der Waals surface area contributed by atoms with Gasteiger partial charge in [-0.2, -0.15) is 0 Å². The predicted octanol–water partition coefficient (Wildman–Crippen LogP) is 2.98. The van der Waals surface area contributed by atoms with Crippen LogP contribution in [0, 0.1) is 0 Å². The molecule has 0 fully saturated rings. The normalized spacial score (nSPS) is 10.1. The van der Waals surface area contributed by atoms with Gasteiger partial charge in [-0.25, -0.2) is 0 Å². The Morgan fingerprint density at radius 1 is 1.10 bits per heavy atom. The van der Waals surface area contributed by atoms with Crippen molar-refractivity contribution in [3.05, 3.63) is 59.7 Å². The summed E-state index contributed by atoms with van der Waals surface area (Å²) >= 11 is 4.92. The number of ether oxygens (including phenoxy) is 1. The van der Waals surface area contributed by atoms with Crippen LogP contribution in [0.1, 0.15) is 11.1 Å². The van der Waals surface area contributed by atoms with Gasteiger partial charge in [0.05, 0.1) is 7.11 Å². The summed E-state index contributed by atoms with van der Waals surface area (Å²) < 4.78 is 5.14. The molecule has 0 saturated heterocycles. The molecular weight excluding hydrogens is 268 g/mol. The number of anilines is 1. The Morgan fingerprint density at radius 2 is 1.75 bits per heavy atom. The molecule has 0 aliphatic carbocycles. The highest BCUT2D eigenvalue weighted by atomic mass is 32.1. The second-order valence-corrected chi connectivity index (χ2v) is 4.91. The Hall–Kier alpha value is -2.07. The zero-order chi connectivity index (χ0) is 14.4. The summed E-state index contributed by atoms with van der Waals surface area (Å²) in [6, 6.07) is 16.0. The monoisotopic (exact) mass is 286 g/mol. The Labute approximate surface area is 124 Å². The van der Waals surface area contributed by atoms with Crippen molar-refractivity contribution in [1.82, 2.24) is 0 Å². The lowest BCUT2D eigenvalue weighted by atomic mass is 10.1. The van der Waals surface area contributed by atoms with E-state index < -0.39 is 0 Å². The summed E-state index contributed by atoms with van der Waals surface area (Å²) in [6.07, 6.45) is 0.959. The molecule has 0 aromatic heterocycles. The third kappa shape index (κ3) is 3.96. The molecule has 0 heterocycles. The molecular formula is C16H18N2OS. The van der Waals surface area contributed by atoms with Crippen LogP contribution in [0.4, 0.5) is 5.69 Å². The highest BCUT2D eigenvalue weighted by Crippen LogP contribution is 2.13. The molecule has 0 aliphatic rings. The molecule has 0 radical (unpaired) electrons. The number of nitrogens with two attached hydrogens (primary N) is 1. The summed E-state index contributed by atoms with van der Waals surface area (Å²) in [5.41, 5.74) is 8.80. The second-order valence-electron chi connectivity index (χ2n) is 4.47. The molecule has 0 amide bonds. The van der Waals surface area contributed by atoms with Crippen LogP contribution in [0.25, 0.3) is 0 Å². The molecule has 3 N–H and O–H groups in total. The maximum absolute atomic E-state index is 5.56. The van der Waals surface area contributed by atoms with E-state index in [1.54, 1.807) is 7.11 Å². The van der Waals surface area contributed by atoms with E-state index in [4.69, 9.17) is 22.7 Å². The van der Waals surface area contributed by atoms with Gasteiger partial charge >= 0.3 is 0 Å². The standard InChI is InChI=1S/C16H18N2OS/c1-19-15-8-2-12(3-9-15)10-11-18-14-6-4-13(5-7-14)16(17)20/h2-9,18H,10-11H2,1H3,(H2,17,20). The van der Waals surface area contributed by atoms with E-state index in [0.717, 1.165) is 30.0 Å². The Kier molecular flexibility index (Phi) is 4.96. The largest absolute Gasteiger partial charge is 0.497 e. The molecule has 0 spiro atoms. The minimum atomic E-state index is 0.426. The smallest absolute Gasteiger partial charge is 0.118 e. The van der Waals surface area contributed by atoms with Gasteiger partial charge in [-0.3, -0.25) is 0 Å². The van der Waals surface area contributed by atoms with Crippen LogP contribution < -0.4 is 15.8 Å². The van der Waals surface area contributed by atoms with E-state index in [1.807, 2.05) is 36.4 Å². The first kappa shape index (κ1) is 14.3. The fourth-order valence-corrected chi connectivity index (χ4v) is 2.03. The van der Waals surface area contributed by atoms with Crippen molar-refractivity contribution < 1.29 is 4.74 Å². The average molecular weight is 286 g/mol. The first-order valence-corrected chi connectivity index (χ1v) is 6.86. The lowest BCUT2D eigenvalue weighted by Gasteiger charge is -2.08. The molecule has 4 heteroatoms. The van der Waals surface area contributed by atoms with Gasteiger partial charge in [0.25, 0.3) is 0 Å². The second kappa shape index (κ2) is 6.91. The number of thiocarbonyl (C=S) groups is 1. The molecule has 2 aromatic carbocycles. The van der Waals surface area contributed by atoms with E-state index >= 15 is 0 Å². The first-order valence-electron chi connectivity index (χ1n) is 6.46. The molecule has 104 valence electrons. The van der Waals surface area contributed by atoms with Crippen LogP contribution in [-0.2, 0) is 6.42 Å². The van der Waals surface area contributed by atoms with Crippen LogP contribution in [0.2, 0.25) is 0 Å². The summed E-state index contributed by atoms with van der Waals surface area (Å²) in [5.74, 6) is 0.884. The van der Waals surface area contributed by atoms with Gasteiger partial charge in [0.15, 0.2) is 0 Å². The zero-order valence-electron chi connectivity index (χ0n) is 11.4. The van der Waals surface area contributed by atoms with Crippen molar-refractivity contribution >= 4 is 22.9 Å². The van der Waals surface area contributed by atoms with Gasteiger partial charge in [0.1, 0.15) is 10.7 Å². The highest BCUT2D eigenvalue weighted by Gasteiger charge is 1.98. The number of nitrogens with one attached hydrogen (secondary N) is 1. The minimum Gasteiger partial charge on any atom is -0.497 e. The molecule has 2 rings (SSSR count). The number of methoxy groups -OCH3 is 1. The SMILES string of the molecule is COc1ccc(CCNc2ccc(C(N)=S)cc2)cc1. The Bertz CT molecular complexity index is 564. The van der Waals surface area contributed by atoms with E-state index in [0.29, 0.717) is 4.99 Å². The molecule has 0 unspecified atom stereocenters. The maximum Gasteiger partial charge on any atom is 0.118 e. The van der Waals surface area contributed by atoms with Gasteiger partial charge < -0.3 is 15.8 Å². The van der Waals surface area contributed by atoms with Crippen molar-refractivity contribution in [2.24, 2.45) is 5.73 Å². The Balaban J connectivity index is 1.84. The van der Waals surface area contributed by atoms with Crippen LogP contribution in [0.3, 0.4) is 0 Å². The lowest BCUT2D eigenvalue weighted by Crippen LogP contribution is -2.09. The summed E-state index contributed by atoms with van der Waals surface area (Å²) in [6.45, 7) is 0.874. The van der Waals surface area contributed by atoms with E-state index in [2.05, 4.69) is 17.4 Å². The minimum absolute atomic E-state index is 0.426. The summed E-state index contributed by atoms with van der Waals surface area (Å²) in [4.78, 5) is 0.426. The molecule has 0 atom stereocenters. The predicted molar refractivity (Wildman–Crippen MR) is 87.5 cm³/mol.